The van der Waals surface area contributed by atoms with Crippen molar-refractivity contribution in [2.45, 2.75) is 123 Å². The lowest BCUT2D eigenvalue weighted by molar-refractivity contribution is -0.870. The maximum Gasteiger partial charge on any atom is 0.472 e. The Kier molecular flexibility index (Phi) is 22.6. The van der Waals surface area contributed by atoms with Gasteiger partial charge >= 0.3 is 19.8 Å². The SMILES string of the molecule is C=C(C)C(=O)OCC(COC(=O)CCCCCCCCCCCCCCCCC)OP(=O)(O)OCC[N+](C)(C)C. The van der Waals surface area contributed by atoms with Gasteiger partial charge in [-0.25, -0.2) is 9.36 Å². The molecule has 0 radical (unpaired) electrons. The molecule has 0 amide bonds. The molecule has 9 nitrogen and oxygen atoms in total. The van der Waals surface area contributed by atoms with Gasteiger partial charge in [0.1, 0.15) is 32.5 Å². The van der Waals surface area contributed by atoms with E-state index in [1.54, 1.807) is 0 Å². The molecule has 0 bridgehead atoms. The van der Waals surface area contributed by atoms with Crippen LogP contribution in [0, 0.1) is 0 Å². The first kappa shape index (κ1) is 38.8. The molecule has 40 heavy (non-hydrogen) atoms. The Morgan fingerprint density at radius 3 is 1.70 bits per heavy atom. The maximum absolute atomic E-state index is 12.4. The van der Waals surface area contributed by atoms with E-state index in [2.05, 4.69) is 13.5 Å². The predicted octanol–water partition coefficient (Wildman–Crippen LogP) is 7.12. The number of nitrogens with zero attached hydrogens (tertiary/aromatic N) is 1. The van der Waals surface area contributed by atoms with Crippen LogP contribution in [0.15, 0.2) is 12.2 Å². The van der Waals surface area contributed by atoms with Crippen molar-refractivity contribution in [1.29, 1.82) is 0 Å². The molecule has 1 N–H and O–H groups in total. The van der Waals surface area contributed by atoms with Crippen molar-refractivity contribution in [3.8, 4) is 0 Å². The van der Waals surface area contributed by atoms with Gasteiger partial charge in [-0.2, -0.15) is 0 Å². The van der Waals surface area contributed by atoms with Crippen LogP contribution in [0.1, 0.15) is 117 Å². The van der Waals surface area contributed by atoms with Crippen molar-refractivity contribution >= 4 is 19.8 Å². The highest BCUT2D eigenvalue weighted by molar-refractivity contribution is 7.47. The molecule has 0 heterocycles. The van der Waals surface area contributed by atoms with Gasteiger partial charge in [0.25, 0.3) is 0 Å². The first-order valence-electron chi connectivity index (χ1n) is 15.3. The number of rotatable bonds is 27. The van der Waals surface area contributed by atoms with E-state index in [1.165, 1.54) is 84.0 Å². The normalized spacial score (nSPS) is 13.9. The van der Waals surface area contributed by atoms with Crippen molar-refractivity contribution in [3.63, 3.8) is 0 Å². The summed E-state index contributed by atoms with van der Waals surface area (Å²) >= 11 is 0. The highest BCUT2D eigenvalue weighted by Gasteiger charge is 2.29. The summed E-state index contributed by atoms with van der Waals surface area (Å²) < 4.78 is 33.4. The third kappa shape index (κ3) is 25.7. The fraction of sp³-hybridized carbons (Fsp3) is 0.867. The molecule has 0 aromatic heterocycles. The van der Waals surface area contributed by atoms with Crippen molar-refractivity contribution < 1.29 is 42.1 Å². The van der Waals surface area contributed by atoms with Gasteiger partial charge in [-0.15, -0.1) is 0 Å². The van der Waals surface area contributed by atoms with Crippen LogP contribution in [0.4, 0.5) is 0 Å². The van der Waals surface area contributed by atoms with E-state index in [0.717, 1.165) is 19.3 Å². The molecule has 0 saturated heterocycles. The number of carbonyl (C=O) groups excluding carboxylic acids is 2. The molecular weight excluding hydrogens is 533 g/mol. The zero-order valence-corrected chi connectivity index (χ0v) is 27.0. The van der Waals surface area contributed by atoms with Gasteiger partial charge in [0.05, 0.1) is 21.1 Å². The Balaban J connectivity index is 4.14. The van der Waals surface area contributed by atoms with Crippen LogP contribution in [-0.2, 0) is 32.7 Å². The Morgan fingerprint density at radius 1 is 0.800 bits per heavy atom. The fourth-order valence-corrected chi connectivity index (χ4v) is 4.82. The number of phosphoric acid groups is 1. The van der Waals surface area contributed by atoms with Gasteiger partial charge in [0, 0.05) is 12.0 Å². The van der Waals surface area contributed by atoms with Gasteiger partial charge < -0.3 is 18.9 Å². The number of likely N-dealkylation sites (N-methyl/N-ethyl adjacent to an activating group) is 1. The minimum Gasteiger partial charge on any atom is -0.463 e. The maximum atomic E-state index is 12.4. The summed E-state index contributed by atoms with van der Waals surface area (Å²) in [6, 6.07) is 0. The molecule has 0 rings (SSSR count). The van der Waals surface area contributed by atoms with E-state index in [4.69, 9.17) is 18.5 Å². The number of unbranched alkanes of at least 4 members (excludes halogenated alkanes) is 14. The number of quaternary nitrogens is 1. The molecule has 0 aromatic carbocycles. The number of hydrogen-bond acceptors (Lipinski definition) is 7. The second-order valence-corrected chi connectivity index (χ2v) is 13.2. The Labute approximate surface area is 244 Å². The molecule has 2 atom stereocenters. The van der Waals surface area contributed by atoms with E-state index < -0.39 is 25.9 Å². The lowest BCUT2D eigenvalue weighted by atomic mass is 10.0. The highest BCUT2D eigenvalue weighted by atomic mass is 31.2. The summed E-state index contributed by atoms with van der Waals surface area (Å²) in [5, 5.41) is 0. The standard InChI is InChI=1S/C30H58NO8P/c1-7-8-9-10-11-12-13-14-15-16-17-18-19-20-21-22-29(32)36-25-28(26-37-30(33)27(2)3)39-40(34,35)38-24-23-31(4,5)6/h28H,2,7-26H2,1,3-6H3/p+1. The van der Waals surface area contributed by atoms with Crippen molar-refractivity contribution in [1.82, 2.24) is 0 Å². The predicted molar refractivity (Wildman–Crippen MR) is 160 cm³/mol. The number of phosphoric ester groups is 1. The summed E-state index contributed by atoms with van der Waals surface area (Å²) in [5.41, 5.74) is 0.176. The molecule has 0 aliphatic carbocycles. The molecule has 0 aromatic rings. The molecule has 0 fully saturated rings. The van der Waals surface area contributed by atoms with Gasteiger partial charge in [0.15, 0.2) is 0 Å². The minimum atomic E-state index is -4.45. The molecule has 0 aliphatic heterocycles. The molecule has 0 saturated carbocycles. The van der Waals surface area contributed by atoms with E-state index in [1.807, 2.05) is 21.1 Å². The van der Waals surface area contributed by atoms with Gasteiger partial charge in [-0.05, 0) is 13.3 Å². The smallest absolute Gasteiger partial charge is 0.463 e. The highest BCUT2D eigenvalue weighted by Crippen LogP contribution is 2.44. The van der Waals surface area contributed by atoms with Gasteiger partial charge in [-0.1, -0.05) is 103 Å². The Bertz CT molecular complexity index is 738. The lowest BCUT2D eigenvalue weighted by Crippen LogP contribution is -2.37. The largest absolute Gasteiger partial charge is 0.472 e. The van der Waals surface area contributed by atoms with Crippen LogP contribution in [0.3, 0.4) is 0 Å². The van der Waals surface area contributed by atoms with Gasteiger partial charge in [0.2, 0.25) is 0 Å². The van der Waals surface area contributed by atoms with E-state index in [-0.39, 0.29) is 31.8 Å². The second-order valence-electron chi connectivity index (χ2n) is 11.8. The zero-order chi connectivity index (χ0) is 30.3. The van der Waals surface area contributed by atoms with Crippen molar-refractivity contribution in [2.24, 2.45) is 0 Å². The second kappa shape index (κ2) is 23.3. The molecular formula is C30H59NO8P+. The molecule has 0 spiro atoms. The molecule has 10 heteroatoms. The number of hydrogen-bond donors (Lipinski definition) is 1. The molecule has 2 unspecified atom stereocenters. The fourth-order valence-electron chi connectivity index (χ4n) is 3.95. The summed E-state index contributed by atoms with van der Waals surface area (Å²) in [4.78, 5) is 34.0. The lowest BCUT2D eigenvalue weighted by Gasteiger charge is -2.25. The third-order valence-electron chi connectivity index (χ3n) is 6.46. The first-order chi connectivity index (χ1) is 18.9. The topological polar surface area (TPSA) is 108 Å². The minimum absolute atomic E-state index is 0.00542. The number of carbonyl (C=O) groups is 2. The summed E-state index contributed by atoms with van der Waals surface area (Å²) in [5.74, 6) is -1.09. The van der Waals surface area contributed by atoms with Crippen molar-refractivity contribution in [3.05, 3.63) is 12.2 Å². The monoisotopic (exact) mass is 592 g/mol. The van der Waals surface area contributed by atoms with E-state index >= 15 is 0 Å². The van der Waals surface area contributed by atoms with Gasteiger partial charge in [-0.3, -0.25) is 13.8 Å². The number of ether oxygens (including phenoxy) is 2. The van der Waals surface area contributed by atoms with Crippen LogP contribution in [-0.4, -0.2) is 74.9 Å². The molecule has 236 valence electrons. The van der Waals surface area contributed by atoms with Crippen LogP contribution in [0.5, 0.6) is 0 Å². The van der Waals surface area contributed by atoms with E-state index in [0.29, 0.717) is 11.0 Å². The number of esters is 2. The summed E-state index contributed by atoms with van der Waals surface area (Å²) in [6.45, 7) is 7.02. The first-order valence-corrected chi connectivity index (χ1v) is 16.8. The Hall–Kier alpha value is -1.25. The molecule has 0 aliphatic rings. The van der Waals surface area contributed by atoms with Crippen molar-refractivity contribution in [2.75, 3.05) is 47.5 Å². The van der Waals surface area contributed by atoms with Crippen LogP contribution in [0.2, 0.25) is 0 Å². The van der Waals surface area contributed by atoms with E-state index in [9.17, 15) is 19.0 Å². The van der Waals surface area contributed by atoms with Crippen LogP contribution >= 0.6 is 7.82 Å². The summed E-state index contributed by atoms with van der Waals surface area (Å²) in [7, 11) is 1.32. The Morgan fingerprint density at radius 2 is 1.25 bits per heavy atom. The average molecular weight is 593 g/mol. The van der Waals surface area contributed by atoms with Crippen LogP contribution < -0.4 is 0 Å². The van der Waals surface area contributed by atoms with Crippen LogP contribution in [0.25, 0.3) is 0 Å². The average Bonchev–Trinajstić information content (AvgIpc) is 2.86. The summed E-state index contributed by atoms with van der Waals surface area (Å²) in [6.07, 6.45) is 17.8. The zero-order valence-electron chi connectivity index (χ0n) is 26.1. The third-order valence-corrected chi connectivity index (χ3v) is 7.54. The quantitative estimate of drug-likeness (QED) is 0.0353.